The Bertz CT molecular complexity index is 1030. The quantitative estimate of drug-likeness (QED) is 0.511. The molecule has 0 fully saturated rings. The van der Waals surface area contributed by atoms with Crippen LogP contribution in [0.4, 0.5) is 5.69 Å². The predicted octanol–water partition coefficient (Wildman–Crippen LogP) is 4.04. The fourth-order valence-electron chi connectivity index (χ4n) is 3.03. The highest BCUT2D eigenvalue weighted by Gasteiger charge is 2.19. The van der Waals surface area contributed by atoms with Gasteiger partial charge in [0.15, 0.2) is 0 Å². The second-order valence-electron chi connectivity index (χ2n) is 7.08. The molecule has 3 rings (SSSR count). The summed E-state index contributed by atoms with van der Waals surface area (Å²) in [5.74, 6) is -0.546. The van der Waals surface area contributed by atoms with E-state index < -0.39 is 11.9 Å². The topological polar surface area (TPSA) is 101 Å². The van der Waals surface area contributed by atoms with Crippen molar-refractivity contribution in [2.24, 2.45) is 5.73 Å². The van der Waals surface area contributed by atoms with E-state index in [4.69, 9.17) is 17.3 Å². The number of nitrogens with one attached hydrogen (secondary N) is 2. The normalized spacial score (nSPS) is 13.0. The van der Waals surface area contributed by atoms with Crippen LogP contribution >= 0.6 is 11.6 Å². The highest BCUT2D eigenvalue weighted by atomic mass is 35.5. The number of nitrogens with two attached hydrogens (primary N) is 1. The SMILES string of the molecule is Cc1cc(C(C)c2ccc(N[C@H](C)C(N)=O)cn2)[nH]c1C(=O)c1ccc(Cl)cc1. The number of H-pyrrole nitrogens is 1. The van der Waals surface area contributed by atoms with E-state index in [0.717, 1.165) is 17.0 Å². The number of aryl methyl sites for hydroxylation is 1. The van der Waals surface area contributed by atoms with Gasteiger partial charge in [0.2, 0.25) is 11.7 Å². The van der Waals surface area contributed by atoms with Gasteiger partial charge in [-0.3, -0.25) is 14.6 Å². The van der Waals surface area contributed by atoms with Crippen molar-refractivity contribution >= 4 is 29.0 Å². The average Bonchev–Trinajstić information content (AvgIpc) is 3.09. The van der Waals surface area contributed by atoms with E-state index in [9.17, 15) is 9.59 Å². The van der Waals surface area contributed by atoms with Crippen molar-refractivity contribution in [3.05, 3.63) is 81.9 Å². The number of carbonyl (C=O) groups excluding carboxylic acids is 2. The summed E-state index contributed by atoms with van der Waals surface area (Å²) >= 11 is 5.91. The number of primary amides is 1. The molecule has 1 amide bonds. The van der Waals surface area contributed by atoms with Gasteiger partial charge in [-0.2, -0.15) is 0 Å². The van der Waals surface area contributed by atoms with Crippen LogP contribution < -0.4 is 11.1 Å². The molecule has 0 aliphatic rings. The van der Waals surface area contributed by atoms with Gasteiger partial charge in [0.1, 0.15) is 6.04 Å². The third kappa shape index (κ3) is 4.66. The number of aromatic amines is 1. The largest absolute Gasteiger partial charge is 0.373 e. The predicted molar refractivity (Wildman–Crippen MR) is 114 cm³/mol. The van der Waals surface area contributed by atoms with Gasteiger partial charge in [-0.25, -0.2) is 0 Å². The Labute approximate surface area is 174 Å². The lowest BCUT2D eigenvalue weighted by atomic mass is 10.0. The van der Waals surface area contributed by atoms with E-state index in [-0.39, 0.29) is 11.7 Å². The molecule has 2 aromatic heterocycles. The molecular weight excluding hydrogens is 388 g/mol. The van der Waals surface area contributed by atoms with Crippen molar-refractivity contribution in [1.29, 1.82) is 0 Å². The average molecular weight is 411 g/mol. The summed E-state index contributed by atoms with van der Waals surface area (Å²) < 4.78 is 0. The lowest BCUT2D eigenvalue weighted by molar-refractivity contribution is -0.118. The Morgan fingerprint density at radius 3 is 2.41 bits per heavy atom. The molecule has 4 N–H and O–H groups in total. The summed E-state index contributed by atoms with van der Waals surface area (Å²) in [4.78, 5) is 31.7. The summed E-state index contributed by atoms with van der Waals surface area (Å²) in [6, 6.07) is 12.1. The third-order valence-electron chi connectivity index (χ3n) is 4.88. The van der Waals surface area contributed by atoms with Crippen molar-refractivity contribution in [3.63, 3.8) is 0 Å². The van der Waals surface area contributed by atoms with Gasteiger partial charge in [-0.05, 0) is 61.9 Å². The fourth-order valence-corrected chi connectivity index (χ4v) is 3.15. The Kier molecular flexibility index (Phi) is 6.03. The lowest BCUT2D eigenvalue weighted by Crippen LogP contribution is -2.32. The third-order valence-corrected chi connectivity index (χ3v) is 5.13. The van der Waals surface area contributed by atoms with E-state index in [1.807, 2.05) is 32.0 Å². The first kappa shape index (κ1) is 20.6. The van der Waals surface area contributed by atoms with E-state index in [1.54, 1.807) is 37.4 Å². The Morgan fingerprint density at radius 1 is 1.14 bits per heavy atom. The molecule has 29 heavy (non-hydrogen) atoms. The molecule has 150 valence electrons. The number of pyridine rings is 1. The number of nitrogens with zero attached hydrogens (tertiary/aromatic N) is 1. The fraction of sp³-hybridized carbons (Fsp3) is 0.227. The minimum atomic E-state index is -0.479. The Morgan fingerprint density at radius 2 is 1.83 bits per heavy atom. The van der Waals surface area contributed by atoms with Crippen molar-refractivity contribution in [1.82, 2.24) is 9.97 Å². The first-order valence-corrected chi connectivity index (χ1v) is 9.65. The minimum Gasteiger partial charge on any atom is -0.373 e. The standard InChI is InChI=1S/C22H23ClN4O2/c1-12-10-19(27-20(12)21(28)15-4-6-16(23)7-5-15)13(2)18-9-8-17(11-25-18)26-14(3)22(24)29/h4-11,13-14,26-27H,1-3H3,(H2,24,29)/t13?,14-/m1/s1. The molecule has 2 heterocycles. The van der Waals surface area contributed by atoms with Crippen LogP contribution in [0.25, 0.3) is 0 Å². The number of anilines is 1. The number of amides is 1. The maximum atomic E-state index is 12.8. The summed E-state index contributed by atoms with van der Waals surface area (Å²) in [5.41, 5.74) is 9.74. The van der Waals surface area contributed by atoms with Gasteiger partial charge < -0.3 is 16.0 Å². The van der Waals surface area contributed by atoms with Gasteiger partial charge >= 0.3 is 0 Å². The van der Waals surface area contributed by atoms with Crippen LogP contribution in [0.3, 0.4) is 0 Å². The summed E-state index contributed by atoms with van der Waals surface area (Å²) in [6.07, 6.45) is 1.67. The summed E-state index contributed by atoms with van der Waals surface area (Å²) in [6.45, 7) is 5.62. The summed E-state index contributed by atoms with van der Waals surface area (Å²) in [5, 5.41) is 3.59. The second-order valence-corrected chi connectivity index (χ2v) is 7.52. The van der Waals surface area contributed by atoms with Gasteiger partial charge in [0.05, 0.1) is 17.6 Å². The number of aromatic nitrogens is 2. The molecule has 0 radical (unpaired) electrons. The number of ketones is 1. The van der Waals surface area contributed by atoms with Crippen molar-refractivity contribution in [2.45, 2.75) is 32.7 Å². The smallest absolute Gasteiger partial charge is 0.239 e. The monoisotopic (exact) mass is 410 g/mol. The molecule has 1 unspecified atom stereocenters. The number of benzene rings is 1. The van der Waals surface area contributed by atoms with Crippen LogP contribution in [-0.2, 0) is 4.79 Å². The molecule has 1 aromatic carbocycles. The molecule has 3 aromatic rings. The maximum absolute atomic E-state index is 12.8. The van der Waals surface area contributed by atoms with E-state index in [0.29, 0.717) is 22.0 Å². The second kappa shape index (κ2) is 8.49. The van der Waals surface area contributed by atoms with Gasteiger partial charge in [0, 0.05) is 27.9 Å². The van der Waals surface area contributed by atoms with E-state index >= 15 is 0 Å². The van der Waals surface area contributed by atoms with Gasteiger partial charge in [-0.15, -0.1) is 0 Å². The van der Waals surface area contributed by atoms with Crippen LogP contribution in [-0.4, -0.2) is 27.7 Å². The number of hydrogen-bond donors (Lipinski definition) is 3. The molecular formula is C22H23ClN4O2. The first-order chi connectivity index (χ1) is 13.8. The van der Waals surface area contributed by atoms with Crippen molar-refractivity contribution in [2.75, 3.05) is 5.32 Å². The molecule has 2 atom stereocenters. The molecule has 7 heteroatoms. The number of halogens is 1. The van der Waals surface area contributed by atoms with Crippen LogP contribution in [0.2, 0.25) is 5.02 Å². The number of rotatable bonds is 7. The highest BCUT2D eigenvalue weighted by molar-refractivity contribution is 6.30. The Balaban J connectivity index is 1.79. The maximum Gasteiger partial charge on any atom is 0.239 e. The van der Waals surface area contributed by atoms with Crippen LogP contribution in [0.1, 0.15) is 52.8 Å². The van der Waals surface area contributed by atoms with Gasteiger partial charge in [0.25, 0.3) is 0 Å². The lowest BCUT2D eigenvalue weighted by Gasteiger charge is -2.13. The zero-order valence-electron chi connectivity index (χ0n) is 16.5. The van der Waals surface area contributed by atoms with Crippen LogP contribution in [0.5, 0.6) is 0 Å². The Hall–Kier alpha value is -3.12. The number of hydrogen-bond acceptors (Lipinski definition) is 4. The minimum absolute atomic E-state index is 0.0388. The molecule has 6 nitrogen and oxygen atoms in total. The van der Waals surface area contributed by atoms with Crippen LogP contribution in [0, 0.1) is 6.92 Å². The van der Waals surface area contributed by atoms with Crippen molar-refractivity contribution in [3.8, 4) is 0 Å². The van der Waals surface area contributed by atoms with Gasteiger partial charge in [-0.1, -0.05) is 18.5 Å². The molecule has 0 aliphatic heterocycles. The number of carbonyl (C=O) groups is 2. The summed E-state index contributed by atoms with van der Waals surface area (Å²) in [7, 11) is 0. The zero-order valence-corrected chi connectivity index (χ0v) is 17.2. The molecule has 0 spiro atoms. The molecule has 0 bridgehead atoms. The highest BCUT2D eigenvalue weighted by Crippen LogP contribution is 2.26. The zero-order chi connectivity index (χ0) is 21.1. The molecule has 0 saturated carbocycles. The molecule has 0 saturated heterocycles. The van der Waals surface area contributed by atoms with Crippen LogP contribution in [0.15, 0.2) is 48.7 Å². The van der Waals surface area contributed by atoms with Crippen molar-refractivity contribution < 1.29 is 9.59 Å². The first-order valence-electron chi connectivity index (χ1n) is 9.28. The van der Waals surface area contributed by atoms with E-state index in [1.165, 1.54) is 0 Å². The van der Waals surface area contributed by atoms with E-state index in [2.05, 4.69) is 15.3 Å². The molecule has 0 aliphatic carbocycles.